The Morgan fingerprint density at radius 1 is 1.26 bits per heavy atom. The molecular formula is C15H17BrN2O. The summed E-state index contributed by atoms with van der Waals surface area (Å²) in [6.07, 6.45) is 1.83. The number of hydrogen-bond donors (Lipinski definition) is 0. The van der Waals surface area contributed by atoms with Gasteiger partial charge in [0.25, 0.3) is 0 Å². The Morgan fingerprint density at radius 3 is 2.53 bits per heavy atom. The zero-order chi connectivity index (χ0) is 13.8. The van der Waals surface area contributed by atoms with Gasteiger partial charge in [0.15, 0.2) is 0 Å². The molecule has 0 atom stereocenters. The van der Waals surface area contributed by atoms with Crippen LogP contribution in [0.3, 0.4) is 0 Å². The molecule has 3 nitrogen and oxygen atoms in total. The van der Waals surface area contributed by atoms with Gasteiger partial charge in [0.05, 0.1) is 6.61 Å². The molecule has 1 heterocycles. The smallest absolute Gasteiger partial charge is 0.132 e. The van der Waals surface area contributed by atoms with Gasteiger partial charge >= 0.3 is 0 Å². The first kappa shape index (κ1) is 13.9. The first-order valence-corrected chi connectivity index (χ1v) is 7.00. The third-order valence-electron chi connectivity index (χ3n) is 2.91. The van der Waals surface area contributed by atoms with E-state index in [-0.39, 0.29) is 0 Å². The molecule has 0 bridgehead atoms. The van der Waals surface area contributed by atoms with Crippen LogP contribution in [0.25, 0.3) is 0 Å². The van der Waals surface area contributed by atoms with Crippen molar-refractivity contribution < 1.29 is 4.74 Å². The number of aromatic nitrogens is 1. The number of pyridine rings is 1. The summed E-state index contributed by atoms with van der Waals surface area (Å²) < 4.78 is 6.47. The summed E-state index contributed by atoms with van der Waals surface area (Å²) in [6.45, 7) is 4.72. The van der Waals surface area contributed by atoms with Crippen LogP contribution >= 0.6 is 15.9 Å². The molecular weight excluding hydrogens is 304 g/mol. The lowest BCUT2D eigenvalue weighted by atomic mass is 10.2. The lowest BCUT2D eigenvalue weighted by molar-refractivity contribution is 0.340. The Labute approximate surface area is 122 Å². The lowest BCUT2D eigenvalue weighted by Crippen LogP contribution is -2.11. The van der Waals surface area contributed by atoms with Crippen molar-refractivity contribution in [1.29, 1.82) is 0 Å². The van der Waals surface area contributed by atoms with E-state index < -0.39 is 0 Å². The Bertz CT molecular complexity index is 555. The van der Waals surface area contributed by atoms with Crippen molar-refractivity contribution in [2.75, 3.05) is 18.6 Å². The molecule has 4 heteroatoms. The van der Waals surface area contributed by atoms with Crippen molar-refractivity contribution >= 4 is 27.4 Å². The van der Waals surface area contributed by atoms with E-state index in [1.165, 1.54) is 5.56 Å². The third kappa shape index (κ3) is 3.26. The molecule has 2 aromatic rings. The van der Waals surface area contributed by atoms with E-state index in [0.29, 0.717) is 6.61 Å². The van der Waals surface area contributed by atoms with E-state index in [2.05, 4.69) is 38.8 Å². The van der Waals surface area contributed by atoms with Crippen LogP contribution in [0.5, 0.6) is 5.75 Å². The Kier molecular flexibility index (Phi) is 4.43. The molecule has 0 saturated carbocycles. The number of aryl methyl sites for hydroxylation is 1. The molecule has 0 aliphatic rings. The number of hydrogen-bond acceptors (Lipinski definition) is 3. The normalized spacial score (nSPS) is 10.3. The van der Waals surface area contributed by atoms with Gasteiger partial charge in [0, 0.05) is 23.4 Å². The molecule has 1 aromatic heterocycles. The first-order valence-electron chi connectivity index (χ1n) is 6.20. The predicted octanol–water partition coefficient (Wildman–Crippen LogP) is 4.32. The van der Waals surface area contributed by atoms with E-state index >= 15 is 0 Å². The molecule has 0 spiro atoms. The summed E-state index contributed by atoms with van der Waals surface area (Å²) in [5.74, 6) is 1.81. The molecule has 0 fully saturated rings. The van der Waals surface area contributed by atoms with E-state index in [1.54, 1.807) is 0 Å². The minimum atomic E-state index is 0.683. The Balaban J connectivity index is 2.22. The highest BCUT2D eigenvalue weighted by Gasteiger charge is 2.07. The molecule has 0 aliphatic heterocycles. The summed E-state index contributed by atoms with van der Waals surface area (Å²) >= 11 is 3.46. The fourth-order valence-corrected chi connectivity index (χ4v) is 1.99. The number of nitrogens with zero attached hydrogens (tertiary/aromatic N) is 2. The summed E-state index contributed by atoms with van der Waals surface area (Å²) in [5, 5.41) is 0. The zero-order valence-corrected chi connectivity index (χ0v) is 12.9. The van der Waals surface area contributed by atoms with Crippen LogP contribution in [0.15, 0.2) is 41.0 Å². The van der Waals surface area contributed by atoms with Crippen molar-refractivity contribution in [3.05, 3.63) is 46.6 Å². The topological polar surface area (TPSA) is 25.4 Å². The molecule has 100 valence electrons. The highest BCUT2D eigenvalue weighted by atomic mass is 79.9. The van der Waals surface area contributed by atoms with E-state index in [1.807, 2.05) is 44.4 Å². The van der Waals surface area contributed by atoms with Gasteiger partial charge in [-0.3, -0.25) is 0 Å². The average molecular weight is 321 g/mol. The lowest BCUT2D eigenvalue weighted by Gasteiger charge is -2.19. The van der Waals surface area contributed by atoms with Crippen molar-refractivity contribution in [3.8, 4) is 5.75 Å². The minimum absolute atomic E-state index is 0.683. The fraction of sp³-hybridized carbons (Fsp3) is 0.267. The molecule has 19 heavy (non-hydrogen) atoms. The molecule has 2 rings (SSSR count). The largest absolute Gasteiger partial charge is 0.494 e. The van der Waals surface area contributed by atoms with Crippen molar-refractivity contribution in [2.24, 2.45) is 0 Å². The van der Waals surface area contributed by atoms with Gasteiger partial charge in [-0.05, 0) is 65.7 Å². The fourth-order valence-electron chi connectivity index (χ4n) is 1.77. The van der Waals surface area contributed by atoms with E-state index in [4.69, 9.17) is 4.74 Å². The van der Waals surface area contributed by atoms with Gasteiger partial charge in [0.2, 0.25) is 0 Å². The standard InChI is InChI=1S/C15H17BrN2O/c1-4-19-13-7-5-12(6-8-13)18(3)15-9-11(2)14(16)10-17-15/h5-10H,4H2,1-3H3. The summed E-state index contributed by atoms with van der Waals surface area (Å²) in [4.78, 5) is 6.47. The van der Waals surface area contributed by atoms with Gasteiger partial charge in [-0.1, -0.05) is 0 Å². The van der Waals surface area contributed by atoms with Gasteiger partial charge in [0.1, 0.15) is 11.6 Å². The Hall–Kier alpha value is -1.55. The van der Waals surface area contributed by atoms with Crippen molar-refractivity contribution in [1.82, 2.24) is 4.98 Å². The third-order valence-corrected chi connectivity index (χ3v) is 3.74. The van der Waals surface area contributed by atoms with Crippen molar-refractivity contribution in [2.45, 2.75) is 13.8 Å². The maximum atomic E-state index is 5.44. The van der Waals surface area contributed by atoms with Crippen molar-refractivity contribution in [3.63, 3.8) is 0 Å². The van der Waals surface area contributed by atoms with Gasteiger partial charge in [-0.15, -0.1) is 0 Å². The predicted molar refractivity (Wildman–Crippen MR) is 82.3 cm³/mol. The van der Waals surface area contributed by atoms with E-state index in [9.17, 15) is 0 Å². The summed E-state index contributed by atoms with van der Waals surface area (Å²) in [6, 6.07) is 10.1. The van der Waals surface area contributed by atoms with Crippen LogP contribution in [0.2, 0.25) is 0 Å². The summed E-state index contributed by atoms with van der Waals surface area (Å²) in [7, 11) is 2.01. The number of halogens is 1. The first-order chi connectivity index (χ1) is 9.11. The number of benzene rings is 1. The second kappa shape index (κ2) is 6.06. The monoisotopic (exact) mass is 320 g/mol. The minimum Gasteiger partial charge on any atom is -0.494 e. The number of anilines is 2. The quantitative estimate of drug-likeness (QED) is 0.838. The zero-order valence-electron chi connectivity index (χ0n) is 11.4. The Morgan fingerprint density at radius 2 is 1.95 bits per heavy atom. The van der Waals surface area contributed by atoms with Crippen LogP contribution in [0.4, 0.5) is 11.5 Å². The van der Waals surface area contributed by atoms with Crippen LogP contribution in [-0.4, -0.2) is 18.6 Å². The maximum Gasteiger partial charge on any atom is 0.132 e. The molecule has 0 amide bonds. The average Bonchev–Trinajstić information content (AvgIpc) is 2.42. The maximum absolute atomic E-state index is 5.44. The molecule has 0 saturated heterocycles. The molecule has 1 aromatic carbocycles. The van der Waals surface area contributed by atoms with Gasteiger partial charge in [-0.2, -0.15) is 0 Å². The van der Waals surface area contributed by atoms with Crippen LogP contribution in [0.1, 0.15) is 12.5 Å². The molecule has 0 aliphatic carbocycles. The molecule has 0 unspecified atom stereocenters. The SMILES string of the molecule is CCOc1ccc(N(C)c2cc(C)c(Br)cn2)cc1. The summed E-state index contributed by atoms with van der Waals surface area (Å²) in [5.41, 5.74) is 2.25. The molecule has 0 N–H and O–H groups in total. The molecule has 0 radical (unpaired) electrons. The number of rotatable bonds is 4. The van der Waals surface area contributed by atoms with Gasteiger partial charge in [-0.25, -0.2) is 4.98 Å². The van der Waals surface area contributed by atoms with Crippen LogP contribution in [0, 0.1) is 6.92 Å². The van der Waals surface area contributed by atoms with Gasteiger partial charge < -0.3 is 9.64 Å². The highest BCUT2D eigenvalue weighted by Crippen LogP contribution is 2.26. The second-order valence-electron chi connectivity index (χ2n) is 4.28. The van der Waals surface area contributed by atoms with E-state index in [0.717, 1.165) is 21.7 Å². The van der Waals surface area contributed by atoms with Crippen LogP contribution in [-0.2, 0) is 0 Å². The second-order valence-corrected chi connectivity index (χ2v) is 5.13. The van der Waals surface area contributed by atoms with Crippen LogP contribution < -0.4 is 9.64 Å². The highest BCUT2D eigenvalue weighted by molar-refractivity contribution is 9.10. The number of ether oxygens (including phenoxy) is 1.